The number of hydrogen-bond donors (Lipinski definition) is 0. The minimum absolute atomic E-state index is 0.219. The number of carbonyl (C=O) groups is 1. The zero-order valence-corrected chi connectivity index (χ0v) is 10.2. The summed E-state index contributed by atoms with van der Waals surface area (Å²) in [4.78, 5) is 10.5. The van der Waals surface area contributed by atoms with E-state index in [-0.39, 0.29) is 5.69 Å². The molecule has 1 aromatic rings. The standard InChI is InChI=1S/C10H13NO5S/c1-16-9-5-3-4-8(6-9)11(7-10(12)13)17(2,14)15/h3-6H,7H2,1-2H3,(H,12,13)/p-1. The fraction of sp³-hybridized carbons (Fsp3) is 0.300. The van der Waals surface area contributed by atoms with E-state index in [0.29, 0.717) is 5.75 Å². The van der Waals surface area contributed by atoms with Crippen molar-refractivity contribution in [2.24, 2.45) is 0 Å². The van der Waals surface area contributed by atoms with E-state index < -0.39 is 22.5 Å². The predicted octanol–water partition coefficient (Wildman–Crippen LogP) is -0.789. The lowest BCUT2D eigenvalue weighted by atomic mass is 10.3. The molecule has 0 spiro atoms. The lowest BCUT2D eigenvalue weighted by Gasteiger charge is -2.23. The fourth-order valence-corrected chi connectivity index (χ4v) is 2.12. The van der Waals surface area contributed by atoms with Crippen LogP contribution in [0.5, 0.6) is 5.75 Å². The first-order valence-electron chi connectivity index (χ1n) is 4.66. The molecule has 0 amide bonds. The largest absolute Gasteiger partial charge is 0.548 e. The number of rotatable bonds is 5. The second-order valence-corrected chi connectivity index (χ2v) is 5.25. The van der Waals surface area contributed by atoms with Crippen molar-refractivity contribution in [2.75, 3.05) is 24.2 Å². The normalized spacial score (nSPS) is 10.9. The van der Waals surface area contributed by atoms with Crippen LogP contribution in [0.15, 0.2) is 24.3 Å². The molecule has 94 valence electrons. The fourth-order valence-electron chi connectivity index (χ4n) is 1.28. The minimum Gasteiger partial charge on any atom is -0.548 e. The average molecular weight is 258 g/mol. The van der Waals surface area contributed by atoms with Gasteiger partial charge in [0.2, 0.25) is 10.0 Å². The Balaban J connectivity index is 3.17. The highest BCUT2D eigenvalue weighted by Gasteiger charge is 2.17. The molecule has 7 heteroatoms. The van der Waals surface area contributed by atoms with Crippen molar-refractivity contribution in [1.82, 2.24) is 0 Å². The summed E-state index contributed by atoms with van der Waals surface area (Å²) in [6.45, 7) is -0.730. The average Bonchev–Trinajstić information content (AvgIpc) is 2.24. The van der Waals surface area contributed by atoms with Gasteiger partial charge in [-0.3, -0.25) is 4.31 Å². The molecule has 0 fully saturated rings. The molecule has 0 unspecified atom stereocenters. The predicted molar refractivity (Wildman–Crippen MR) is 60.2 cm³/mol. The van der Waals surface area contributed by atoms with Gasteiger partial charge in [-0.05, 0) is 12.1 Å². The number of aliphatic carboxylic acids is 1. The summed E-state index contributed by atoms with van der Waals surface area (Å²) in [5, 5.41) is 10.5. The van der Waals surface area contributed by atoms with E-state index in [2.05, 4.69) is 0 Å². The number of carboxylic acid groups (broad SMARTS) is 1. The lowest BCUT2D eigenvalue weighted by molar-refractivity contribution is -0.303. The van der Waals surface area contributed by atoms with Crippen LogP contribution in [0.25, 0.3) is 0 Å². The summed E-state index contributed by atoms with van der Waals surface area (Å²) >= 11 is 0. The van der Waals surface area contributed by atoms with E-state index in [1.54, 1.807) is 12.1 Å². The number of methoxy groups -OCH3 is 1. The van der Waals surface area contributed by atoms with Crippen LogP contribution in [0, 0.1) is 0 Å². The highest BCUT2D eigenvalue weighted by atomic mass is 32.2. The summed E-state index contributed by atoms with van der Waals surface area (Å²) in [6, 6.07) is 6.11. The Labute approximate surface area is 99.5 Å². The molecular formula is C10H12NO5S-. The van der Waals surface area contributed by atoms with Gasteiger partial charge in [-0.15, -0.1) is 0 Å². The maximum Gasteiger partial charge on any atom is 0.232 e. The number of anilines is 1. The highest BCUT2D eigenvalue weighted by molar-refractivity contribution is 7.92. The van der Waals surface area contributed by atoms with E-state index >= 15 is 0 Å². The Morgan fingerprint density at radius 1 is 1.47 bits per heavy atom. The van der Waals surface area contributed by atoms with Gasteiger partial charge in [-0.1, -0.05) is 6.07 Å². The van der Waals surface area contributed by atoms with Gasteiger partial charge in [0.25, 0.3) is 0 Å². The molecule has 0 aromatic heterocycles. The Bertz CT molecular complexity index is 511. The van der Waals surface area contributed by atoms with E-state index in [4.69, 9.17) is 4.74 Å². The van der Waals surface area contributed by atoms with Crippen molar-refractivity contribution in [3.05, 3.63) is 24.3 Å². The first kappa shape index (κ1) is 13.3. The third-order valence-electron chi connectivity index (χ3n) is 2.01. The number of nitrogens with zero attached hydrogens (tertiary/aromatic N) is 1. The summed E-state index contributed by atoms with van der Waals surface area (Å²) in [6.07, 6.45) is 0.926. The number of benzene rings is 1. The second-order valence-electron chi connectivity index (χ2n) is 3.34. The van der Waals surface area contributed by atoms with Crippen molar-refractivity contribution in [2.45, 2.75) is 0 Å². The number of hydrogen-bond acceptors (Lipinski definition) is 5. The van der Waals surface area contributed by atoms with Crippen LogP contribution in [0.3, 0.4) is 0 Å². The molecule has 0 aliphatic carbocycles. The number of sulfonamides is 1. The first-order valence-corrected chi connectivity index (χ1v) is 6.51. The van der Waals surface area contributed by atoms with E-state index in [1.165, 1.54) is 19.2 Å². The van der Waals surface area contributed by atoms with Crippen LogP contribution in [0.2, 0.25) is 0 Å². The molecule has 1 rings (SSSR count). The van der Waals surface area contributed by atoms with Gasteiger partial charge >= 0.3 is 0 Å². The summed E-state index contributed by atoms with van der Waals surface area (Å²) < 4.78 is 28.6. The lowest BCUT2D eigenvalue weighted by Crippen LogP contribution is -2.41. The van der Waals surface area contributed by atoms with Crippen molar-refractivity contribution < 1.29 is 23.1 Å². The van der Waals surface area contributed by atoms with E-state index in [0.717, 1.165) is 10.6 Å². The van der Waals surface area contributed by atoms with Crippen LogP contribution >= 0.6 is 0 Å². The van der Waals surface area contributed by atoms with Crippen LogP contribution < -0.4 is 14.1 Å². The van der Waals surface area contributed by atoms with E-state index in [1.807, 2.05) is 0 Å². The topological polar surface area (TPSA) is 86.7 Å². The molecular weight excluding hydrogens is 246 g/mol. The van der Waals surface area contributed by atoms with Crippen molar-refractivity contribution in [3.63, 3.8) is 0 Å². The first-order chi connectivity index (χ1) is 7.84. The zero-order chi connectivity index (χ0) is 13.1. The minimum atomic E-state index is -3.68. The van der Waals surface area contributed by atoms with E-state index in [9.17, 15) is 18.3 Å². The van der Waals surface area contributed by atoms with Crippen molar-refractivity contribution in [1.29, 1.82) is 0 Å². The molecule has 0 aliphatic rings. The molecule has 0 saturated heterocycles. The van der Waals surface area contributed by atoms with Crippen molar-refractivity contribution >= 4 is 21.7 Å². The summed E-state index contributed by atoms with van der Waals surface area (Å²) in [7, 11) is -2.25. The smallest absolute Gasteiger partial charge is 0.232 e. The van der Waals surface area contributed by atoms with Gasteiger partial charge in [-0.25, -0.2) is 8.42 Å². The Morgan fingerprint density at radius 2 is 2.12 bits per heavy atom. The van der Waals surface area contributed by atoms with Gasteiger partial charge in [0.05, 0.1) is 31.6 Å². The molecule has 17 heavy (non-hydrogen) atoms. The van der Waals surface area contributed by atoms with Crippen LogP contribution in [0.4, 0.5) is 5.69 Å². The monoisotopic (exact) mass is 258 g/mol. The third-order valence-corrected chi connectivity index (χ3v) is 3.15. The molecule has 1 aromatic carbocycles. The van der Waals surface area contributed by atoms with Gasteiger partial charge in [0, 0.05) is 6.07 Å². The van der Waals surface area contributed by atoms with Gasteiger partial charge in [0.1, 0.15) is 5.75 Å². The molecule has 0 N–H and O–H groups in total. The molecule has 6 nitrogen and oxygen atoms in total. The second kappa shape index (κ2) is 5.05. The quantitative estimate of drug-likeness (QED) is 0.691. The molecule has 0 aliphatic heterocycles. The van der Waals surface area contributed by atoms with Gasteiger partial charge in [0.15, 0.2) is 0 Å². The molecule has 0 radical (unpaired) electrons. The van der Waals surface area contributed by atoms with Gasteiger partial charge in [-0.2, -0.15) is 0 Å². The molecule has 0 atom stereocenters. The van der Waals surface area contributed by atoms with Gasteiger partial charge < -0.3 is 14.6 Å². The Morgan fingerprint density at radius 3 is 2.59 bits per heavy atom. The van der Waals surface area contributed by atoms with Crippen LogP contribution in [-0.2, 0) is 14.8 Å². The SMILES string of the molecule is COc1cccc(N(CC(=O)[O-])S(C)(=O)=O)c1. The molecule has 0 heterocycles. The maximum absolute atomic E-state index is 11.5. The number of carboxylic acids is 1. The van der Waals surface area contributed by atoms with Crippen LogP contribution in [-0.4, -0.2) is 34.3 Å². The van der Waals surface area contributed by atoms with Crippen molar-refractivity contribution in [3.8, 4) is 5.75 Å². The Kier molecular flexibility index (Phi) is 3.95. The third kappa shape index (κ3) is 3.63. The molecule has 0 saturated carbocycles. The molecule has 0 bridgehead atoms. The maximum atomic E-state index is 11.5. The zero-order valence-electron chi connectivity index (χ0n) is 9.41. The highest BCUT2D eigenvalue weighted by Crippen LogP contribution is 2.22. The van der Waals surface area contributed by atoms with Crippen LogP contribution in [0.1, 0.15) is 0 Å². The Hall–Kier alpha value is -1.76. The summed E-state index contributed by atoms with van der Waals surface area (Å²) in [5.41, 5.74) is 0.219. The number of ether oxygens (including phenoxy) is 1. The number of carbonyl (C=O) groups excluding carboxylic acids is 1. The summed E-state index contributed by atoms with van der Waals surface area (Å²) in [5.74, 6) is -1.03.